The van der Waals surface area contributed by atoms with Crippen molar-refractivity contribution in [3.05, 3.63) is 95.1 Å². The molecule has 0 unspecified atom stereocenters. The summed E-state index contributed by atoms with van der Waals surface area (Å²) >= 11 is 0. The first kappa shape index (κ1) is 38.2. The topological polar surface area (TPSA) is 167 Å². The Labute approximate surface area is 326 Å². The fourth-order valence-corrected chi connectivity index (χ4v) is 7.12. The summed E-state index contributed by atoms with van der Waals surface area (Å²) in [5.74, 6) is 2.62. The van der Waals surface area contributed by atoms with Gasteiger partial charge < -0.3 is 39.4 Å². The van der Waals surface area contributed by atoms with Crippen LogP contribution in [0.15, 0.2) is 92.8 Å². The maximum atomic E-state index is 10.6. The highest BCUT2D eigenvalue weighted by molar-refractivity contribution is 5.86. The second kappa shape index (κ2) is 18.5. The number of aliphatic imine (C=N–C) groups is 4. The standard InChI is InChI=1S/C44H48N4O8/c49-41-13-9-33-21-29(41)25-45-37-5-1-2-6-38(37)46-26-30-22-34(10-14-42(30)50)54-19-20-56-36-12-16-44(52)32(24-36)28-48-40-8-4-3-7-39(40)47-27-31-23-35(11-15-43(31)51)55-18-17-53-33/h9-16,21-28,37-40,49-52H,1-8,17-20H2/t37-,38-,39-,40-/m0/s1. The Morgan fingerprint density at radius 3 is 0.821 bits per heavy atom. The molecule has 7 rings (SSSR count). The summed E-state index contributed by atoms with van der Waals surface area (Å²) in [7, 11) is 0. The van der Waals surface area contributed by atoms with Gasteiger partial charge >= 0.3 is 0 Å². The lowest BCUT2D eigenvalue weighted by Gasteiger charge is -2.25. The normalized spacial score (nSPS) is 22.0. The second-order valence-corrected chi connectivity index (χ2v) is 14.2. The first-order valence-corrected chi connectivity index (χ1v) is 19.3. The lowest BCUT2D eigenvalue weighted by Crippen LogP contribution is -2.27. The van der Waals surface area contributed by atoms with Gasteiger partial charge in [-0.05, 0) is 98.5 Å². The molecule has 2 fully saturated rings. The molecular weight excluding hydrogens is 713 g/mol. The number of ether oxygens (including phenoxy) is 4. The Bertz CT molecular complexity index is 1790. The van der Waals surface area contributed by atoms with Gasteiger partial charge in [-0.1, -0.05) is 25.7 Å². The molecular formula is C44H48N4O8. The van der Waals surface area contributed by atoms with Crippen molar-refractivity contribution in [2.45, 2.75) is 75.5 Å². The number of aromatic hydroxyl groups is 4. The molecule has 2 aliphatic carbocycles. The van der Waals surface area contributed by atoms with Crippen LogP contribution in [0, 0.1) is 0 Å². The molecule has 0 amide bonds. The van der Waals surface area contributed by atoms with Crippen molar-refractivity contribution in [2.75, 3.05) is 26.4 Å². The van der Waals surface area contributed by atoms with Crippen molar-refractivity contribution in [2.24, 2.45) is 20.0 Å². The highest BCUT2D eigenvalue weighted by Crippen LogP contribution is 2.30. The molecule has 8 bridgehead atoms. The average Bonchev–Trinajstić information content (AvgIpc) is 3.21. The smallest absolute Gasteiger partial charge is 0.124 e. The Hall–Kier alpha value is -6.04. The van der Waals surface area contributed by atoms with Crippen molar-refractivity contribution in [3.63, 3.8) is 0 Å². The predicted octanol–water partition coefficient (Wildman–Crippen LogP) is 7.44. The summed E-state index contributed by atoms with van der Waals surface area (Å²) in [6.45, 7) is 0.986. The summed E-state index contributed by atoms with van der Waals surface area (Å²) < 4.78 is 23.8. The number of hydrogen-bond donors (Lipinski definition) is 4. The van der Waals surface area contributed by atoms with E-state index in [4.69, 9.17) is 38.9 Å². The maximum absolute atomic E-state index is 10.6. The highest BCUT2D eigenvalue weighted by Gasteiger charge is 2.25. The molecule has 1 heterocycles. The summed E-state index contributed by atoms with van der Waals surface area (Å²) in [5, 5.41) is 42.5. The van der Waals surface area contributed by atoms with Crippen molar-refractivity contribution in [1.82, 2.24) is 0 Å². The number of hydrogen-bond acceptors (Lipinski definition) is 12. The van der Waals surface area contributed by atoms with Crippen molar-refractivity contribution < 1.29 is 39.4 Å². The van der Waals surface area contributed by atoms with Crippen LogP contribution in [-0.4, -0.2) is 95.9 Å². The third-order valence-corrected chi connectivity index (χ3v) is 10.2. The zero-order chi connectivity index (χ0) is 38.7. The van der Waals surface area contributed by atoms with E-state index < -0.39 is 0 Å². The zero-order valence-electron chi connectivity index (χ0n) is 31.2. The van der Waals surface area contributed by atoms with Gasteiger partial charge in [-0.2, -0.15) is 0 Å². The lowest BCUT2D eigenvalue weighted by atomic mass is 9.91. The van der Waals surface area contributed by atoms with E-state index in [9.17, 15) is 20.4 Å². The van der Waals surface area contributed by atoms with Crippen LogP contribution in [0.4, 0.5) is 0 Å². The van der Waals surface area contributed by atoms with E-state index >= 15 is 0 Å². The van der Waals surface area contributed by atoms with E-state index in [1.807, 2.05) is 0 Å². The monoisotopic (exact) mass is 760 g/mol. The number of phenols is 4. The fraction of sp³-hybridized carbons (Fsp3) is 0.364. The van der Waals surface area contributed by atoms with E-state index in [0.717, 1.165) is 51.4 Å². The van der Waals surface area contributed by atoms with Crippen LogP contribution < -0.4 is 18.9 Å². The number of phenolic OH excluding ortho intramolecular Hbond substituents is 4. The van der Waals surface area contributed by atoms with E-state index in [2.05, 4.69) is 0 Å². The highest BCUT2D eigenvalue weighted by atomic mass is 16.5. The van der Waals surface area contributed by atoms with Crippen molar-refractivity contribution in [1.29, 1.82) is 0 Å². The summed E-state index contributed by atoms with van der Waals surface area (Å²) in [5.41, 5.74) is 2.14. The molecule has 0 radical (unpaired) electrons. The van der Waals surface area contributed by atoms with Crippen LogP contribution in [-0.2, 0) is 0 Å². The second-order valence-electron chi connectivity index (χ2n) is 14.2. The molecule has 292 valence electrons. The van der Waals surface area contributed by atoms with Crippen LogP contribution in [0.2, 0.25) is 0 Å². The summed E-state index contributed by atoms with van der Waals surface area (Å²) in [4.78, 5) is 19.4. The fourth-order valence-electron chi connectivity index (χ4n) is 7.12. The molecule has 56 heavy (non-hydrogen) atoms. The number of nitrogens with zero attached hydrogens (tertiary/aromatic N) is 4. The van der Waals surface area contributed by atoms with Gasteiger partial charge in [-0.15, -0.1) is 0 Å². The predicted molar refractivity (Wildman–Crippen MR) is 217 cm³/mol. The van der Waals surface area contributed by atoms with Crippen LogP contribution in [0.3, 0.4) is 0 Å². The lowest BCUT2D eigenvalue weighted by molar-refractivity contribution is 0.217. The molecule has 1 aliphatic heterocycles. The third-order valence-electron chi connectivity index (χ3n) is 10.2. The summed E-state index contributed by atoms with van der Waals surface area (Å²) in [6.07, 6.45) is 14.2. The minimum atomic E-state index is -0.0962. The minimum absolute atomic E-state index is 0.0926. The third kappa shape index (κ3) is 10.2. The largest absolute Gasteiger partial charge is 0.507 e. The molecule has 4 atom stereocenters. The maximum Gasteiger partial charge on any atom is 0.124 e. The first-order chi connectivity index (χ1) is 27.4. The van der Waals surface area contributed by atoms with Crippen LogP contribution in [0.5, 0.6) is 46.0 Å². The van der Waals surface area contributed by atoms with E-state index in [-0.39, 0.29) is 73.6 Å². The quantitative estimate of drug-likeness (QED) is 0.144. The van der Waals surface area contributed by atoms with Crippen LogP contribution in [0.25, 0.3) is 0 Å². The number of benzene rings is 4. The Balaban J connectivity index is 1.12. The zero-order valence-corrected chi connectivity index (χ0v) is 31.2. The molecule has 4 N–H and O–H groups in total. The van der Waals surface area contributed by atoms with Gasteiger partial charge in [-0.25, -0.2) is 0 Å². The molecule has 4 aromatic rings. The van der Waals surface area contributed by atoms with Gasteiger partial charge in [0.05, 0.1) is 24.2 Å². The molecule has 2 saturated carbocycles. The van der Waals surface area contributed by atoms with Gasteiger partial charge in [0.1, 0.15) is 72.4 Å². The SMILES string of the molecule is Oc1ccc2cc1C=N[C@H]1CCCC[C@@H]1N=Cc1cc(ccc1O)OCCOc1ccc(O)c(c1)C=N[C@H]1CCCC[C@@H]1N=Cc1cc(ccc1O)OCCO2. The van der Waals surface area contributed by atoms with E-state index in [1.165, 1.54) is 0 Å². The van der Waals surface area contributed by atoms with Crippen LogP contribution in [0.1, 0.15) is 73.6 Å². The Kier molecular flexibility index (Phi) is 12.7. The molecule has 0 aromatic heterocycles. The molecule has 12 nitrogen and oxygen atoms in total. The van der Waals surface area contributed by atoms with Crippen molar-refractivity contribution in [3.8, 4) is 46.0 Å². The van der Waals surface area contributed by atoms with Gasteiger partial charge in [0.2, 0.25) is 0 Å². The van der Waals surface area contributed by atoms with E-state index in [0.29, 0.717) is 45.3 Å². The molecule has 3 aliphatic rings. The number of rotatable bonds is 0. The Morgan fingerprint density at radius 1 is 0.357 bits per heavy atom. The molecule has 4 aromatic carbocycles. The molecule has 0 spiro atoms. The van der Waals surface area contributed by atoms with Crippen molar-refractivity contribution >= 4 is 24.9 Å². The van der Waals surface area contributed by atoms with Crippen LogP contribution >= 0.6 is 0 Å². The molecule has 0 saturated heterocycles. The average molecular weight is 761 g/mol. The van der Waals surface area contributed by atoms with Gasteiger partial charge in [0.15, 0.2) is 0 Å². The molecule has 12 heteroatoms. The first-order valence-electron chi connectivity index (χ1n) is 19.3. The minimum Gasteiger partial charge on any atom is -0.507 e. The number of fused-ring (bicyclic) bond motifs is 10. The Morgan fingerprint density at radius 2 is 0.589 bits per heavy atom. The van der Waals surface area contributed by atoms with Gasteiger partial charge in [0, 0.05) is 47.1 Å². The summed E-state index contributed by atoms with van der Waals surface area (Å²) in [6, 6.07) is 19.7. The van der Waals surface area contributed by atoms with Gasteiger partial charge in [0.25, 0.3) is 0 Å². The van der Waals surface area contributed by atoms with Gasteiger partial charge in [-0.3, -0.25) is 20.0 Å². The van der Waals surface area contributed by atoms with E-state index in [1.54, 1.807) is 97.7 Å².